The van der Waals surface area contributed by atoms with E-state index >= 15 is 0 Å². The molecule has 0 aliphatic carbocycles. The van der Waals surface area contributed by atoms with E-state index in [-0.39, 0.29) is 30.4 Å². The standard InChI is InChI=1S/C15H16F3NO3/c16-15(17,18)11-4-1-3-10(7-11)8-13(20)19-6-2-5-12(19)9-14(21)22/h1,3-4,7,12H,2,5-6,8-9H2,(H,21,22). The number of benzene rings is 1. The maximum atomic E-state index is 12.7. The third kappa shape index (κ3) is 3.99. The zero-order chi connectivity index (χ0) is 16.3. The normalized spacial score (nSPS) is 18.5. The van der Waals surface area contributed by atoms with Gasteiger partial charge in [0.2, 0.25) is 5.91 Å². The summed E-state index contributed by atoms with van der Waals surface area (Å²) in [7, 11) is 0. The molecule has 22 heavy (non-hydrogen) atoms. The van der Waals surface area contributed by atoms with Crippen LogP contribution in [0.3, 0.4) is 0 Å². The van der Waals surface area contributed by atoms with E-state index < -0.39 is 17.7 Å². The summed E-state index contributed by atoms with van der Waals surface area (Å²) in [5.41, 5.74) is -0.512. The van der Waals surface area contributed by atoms with Crippen molar-refractivity contribution < 1.29 is 27.9 Å². The number of carbonyl (C=O) groups is 2. The Morgan fingerprint density at radius 1 is 1.32 bits per heavy atom. The second kappa shape index (κ2) is 6.37. The maximum Gasteiger partial charge on any atom is 0.416 e. The topological polar surface area (TPSA) is 57.6 Å². The molecule has 0 aromatic heterocycles. The quantitative estimate of drug-likeness (QED) is 0.929. The highest BCUT2D eigenvalue weighted by atomic mass is 19.4. The molecule has 120 valence electrons. The number of aliphatic carboxylic acids is 1. The smallest absolute Gasteiger partial charge is 0.416 e. The molecule has 0 spiro atoms. The molecule has 1 saturated heterocycles. The summed E-state index contributed by atoms with van der Waals surface area (Å²) in [4.78, 5) is 24.5. The number of carboxylic acid groups (broad SMARTS) is 1. The lowest BCUT2D eigenvalue weighted by atomic mass is 10.1. The third-order valence-corrected chi connectivity index (χ3v) is 3.72. The van der Waals surface area contributed by atoms with Crippen molar-refractivity contribution in [2.75, 3.05) is 6.54 Å². The van der Waals surface area contributed by atoms with Crippen LogP contribution in [0.25, 0.3) is 0 Å². The first kappa shape index (κ1) is 16.3. The van der Waals surface area contributed by atoms with Gasteiger partial charge in [0.1, 0.15) is 0 Å². The van der Waals surface area contributed by atoms with Gasteiger partial charge in [0.05, 0.1) is 18.4 Å². The van der Waals surface area contributed by atoms with E-state index in [1.165, 1.54) is 17.0 Å². The van der Waals surface area contributed by atoms with E-state index in [1.54, 1.807) is 0 Å². The van der Waals surface area contributed by atoms with Crippen molar-refractivity contribution in [3.05, 3.63) is 35.4 Å². The molecule has 1 aliphatic rings. The second-order valence-corrected chi connectivity index (χ2v) is 5.36. The predicted molar refractivity (Wildman–Crippen MR) is 72.1 cm³/mol. The fraction of sp³-hybridized carbons (Fsp3) is 0.467. The number of carboxylic acids is 1. The number of likely N-dealkylation sites (tertiary alicyclic amines) is 1. The molecule has 1 aromatic carbocycles. The minimum Gasteiger partial charge on any atom is -0.481 e. The molecule has 0 radical (unpaired) electrons. The summed E-state index contributed by atoms with van der Waals surface area (Å²) in [6, 6.07) is 4.28. The third-order valence-electron chi connectivity index (χ3n) is 3.72. The predicted octanol–water partition coefficient (Wildman–Crippen LogP) is 2.71. The van der Waals surface area contributed by atoms with E-state index in [9.17, 15) is 22.8 Å². The van der Waals surface area contributed by atoms with Crippen molar-refractivity contribution in [3.63, 3.8) is 0 Å². The Hall–Kier alpha value is -2.05. The molecule has 1 N–H and O–H groups in total. The van der Waals surface area contributed by atoms with Gasteiger partial charge in [0.15, 0.2) is 0 Å². The zero-order valence-electron chi connectivity index (χ0n) is 11.8. The maximum absolute atomic E-state index is 12.7. The molecule has 4 nitrogen and oxygen atoms in total. The number of halogens is 3. The molecule has 1 aliphatic heterocycles. The minimum atomic E-state index is -4.45. The van der Waals surface area contributed by atoms with Crippen LogP contribution in [0.5, 0.6) is 0 Å². The number of alkyl halides is 3. The van der Waals surface area contributed by atoms with Crippen LogP contribution in [0, 0.1) is 0 Å². The first-order chi connectivity index (χ1) is 10.3. The van der Waals surface area contributed by atoms with Gasteiger partial charge in [-0.1, -0.05) is 18.2 Å². The van der Waals surface area contributed by atoms with Crippen LogP contribution >= 0.6 is 0 Å². The fourth-order valence-corrected chi connectivity index (χ4v) is 2.71. The van der Waals surface area contributed by atoms with Crippen LogP contribution in [0.2, 0.25) is 0 Å². The van der Waals surface area contributed by atoms with E-state index in [2.05, 4.69) is 0 Å². The number of nitrogens with zero attached hydrogens (tertiary/aromatic N) is 1. The summed E-state index contributed by atoms with van der Waals surface area (Å²) < 4.78 is 38.0. The van der Waals surface area contributed by atoms with Crippen LogP contribution < -0.4 is 0 Å². The first-order valence-electron chi connectivity index (χ1n) is 6.95. The summed E-state index contributed by atoms with van der Waals surface area (Å²) in [6.45, 7) is 0.454. The molecular weight excluding hydrogens is 299 g/mol. The average Bonchev–Trinajstić information content (AvgIpc) is 2.85. The number of hydrogen-bond donors (Lipinski definition) is 1. The van der Waals surface area contributed by atoms with Gasteiger partial charge in [0, 0.05) is 12.6 Å². The Balaban J connectivity index is 2.07. The summed E-state index contributed by atoms with van der Waals surface area (Å²) in [5, 5.41) is 8.83. The van der Waals surface area contributed by atoms with Crippen molar-refractivity contribution in [3.8, 4) is 0 Å². The lowest BCUT2D eigenvalue weighted by molar-refractivity contribution is -0.140. The molecule has 1 atom stereocenters. The van der Waals surface area contributed by atoms with E-state index in [4.69, 9.17) is 5.11 Å². The number of amides is 1. The van der Waals surface area contributed by atoms with Gasteiger partial charge in [0.25, 0.3) is 0 Å². The van der Waals surface area contributed by atoms with Crippen molar-refractivity contribution in [1.29, 1.82) is 0 Å². The van der Waals surface area contributed by atoms with E-state index in [1.807, 2.05) is 0 Å². The first-order valence-corrected chi connectivity index (χ1v) is 6.95. The number of carbonyl (C=O) groups excluding carboxylic acids is 1. The second-order valence-electron chi connectivity index (χ2n) is 5.36. The molecule has 1 aromatic rings. The summed E-state index contributed by atoms with van der Waals surface area (Å²) in [6.07, 6.45) is -3.40. The molecule has 1 fully saturated rings. The number of hydrogen-bond acceptors (Lipinski definition) is 2. The Kier molecular flexibility index (Phi) is 4.73. The van der Waals surface area contributed by atoms with Crippen LogP contribution in [0.1, 0.15) is 30.4 Å². The van der Waals surface area contributed by atoms with Gasteiger partial charge < -0.3 is 10.0 Å². The SMILES string of the molecule is O=C(O)CC1CCCN1C(=O)Cc1cccc(C(F)(F)F)c1. The Labute approximate surface area is 125 Å². The van der Waals surface area contributed by atoms with Gasteiger partial charge in [-0.05, 0) is 24.5 Å². The minimum absolute atomic E-state index is 0.131. The van der Waals surface area contributed by atoms with Gasteiger partial charge >= 0.3 is 12.1 Å². The molecule has 1 unspecified atom stereocenters. The fourth-order valence-electron chi connectivity index (χ4n) is 2.71. The highest BCUT2D eigenvalue weighted by molar-refractivity contribution is 5.80. The summed E-state index contributed by atoms with van der Waals surface area (Å²) in [5.74, 6) is -1.31. The van der Waals surface area contributed by atoms with Crippen LogP contribution in [0.15, 0.2) is 24.3 Å². The van der Waals surface area contributed by atoms with Crippen LogP contribution in [0.4, 0.5) is 13.2 Å². The van der Waals surface area contributed by atoms with Gasteiger partial charge in [-0.3, -0.25) is 9.59 Å². The van der Waals surface area contributed by atoms with Gasteiger partial charge in [-0.25, -0.2) is 0 Å². The average molecular weight is 315 g/mol. The molecule has 0 bridgehead atoms. The van der Waals surface area contributed by atoms with E-state index in [0.717, 1.165) is 12.1 Å². The van der Waals surface area contributed by atoms with Crippen molar-refractivity contribution in [2.24, 2.45) is 0 Å². The monoisotopic (exact) mass is 315 g/mol. The Morgan fingerprint density at radius 3 is 2.68 bits per heavy atom. The molecular formula is C15H16F3NO3. The van der Waals surface area contributed by atoms with Crippen molar-refractivity contribution in [2.45, 2.75) is 37.9 Å². The highest BCUT2D eigenvalue weighted by Gasteiger charge is 2.32. The van der Waals surface area contributed by atoms with E-state index in [0.29, 0.717) is 19.4 Å². The number of rotatable bonds is 4. The van der Waals surface area contributed by atoms with Crippen LogP contribution in [-0.2, 0) is 22.2 Å². The van der Waals surface area contributed by atoms with Crippen LogP contribution in [-0.4, -0.2) is 34.5 Å². The van der Waals surface area contributed by atoms with Crippen molar-refractivity contribution in [1.82, 2.24) is 4.90 Å². The van der Waals surface area contributed by atoms with Crippen molar-refractivity contribution >= 4 is 11.9 Å². The molecule has 7 heteroatoms. The Morgan fingerprint density at radius 2 is 2.05 bits per heavy atom. The molecule has 0 saturated carbocycles. The Bertz CT molecular complexity index is 571. The molecule has 2 rings (SSSR count). The lowest BCUT2D eigenvalue weighted by Crippen LogP contribution is -2.37. The zero-order valence-corrected chi connectivity index (χ0v) is 11.8. The highest BCUT2D eigenvalue weighted by Crippen LogP contribution is 2.30. The lowest BCUT2D eigenvalue weighted by Gasteiger charge is -2.23. The molecule has 1 heterocycles. The van der Waals surface area contributed by atoms with Gasteiger partial charge in [-0.2, -0.15) is 13.2 Å². The largest absolute Gasteiger partial charge is 0.481 e. The molecule has 1 amide bonds. The summed E-state index contributed by atoms with van der Waals surface area (Å²) >= 11 is 0. The van der Waals surface area contributed by atoms with Gasteiger partial charge in [-0.15, -0.1) is 0 Å².